The molecule has 0 fully saturated rings. The van der Waals surface area contributed by atoms with Gasteiger partial charge in [0.05, 0.1) is 29.2 Å². The number of thioether (sulfide) groups is 1. The van der Waals surface area contributed by atoms with E-state index in [4.69, 9.17) is 4.42 Å². The molecule has 0 saturated heterocycles. The van der Waals surface area contributed by atoms with E-state index in [2.05, 4.69) is 15.3 Å². The minimum Gasteiger partial charge on any atom is -0.467 e. The first-order valence-corrected chi connectivity index (χ1v) is 10.9. The van der Waals surface area contributed by atoms with Crippen molar-refractivity contribution in [3.63, 3.8) is 0 Å². The van der Waals surface area contributed by atoms with Crippen molar-refractivity contribution in [2.45, 2.75) is 50.2 Å². The molecule has 6 nitrogen and oxygen atoms in total. The Morgan fingerprint density at radius 2 is 2.30 bits per heavy atom. The molecule has 1 aliphatic rings. The fourth-order valence-electron chi connectivity index (χ4n) is 3.29. The standard InChI is InChI=1S/C19H21N3O3S2/c1-11(17(23)20-9-12-5-4-8-25-12)26-10-15-21-18(24)16-13-6-2-3-7-14(13)27-19(16)22-15/h4-5,8,11H,2-3,6-7,9-10H2,1H3,(H,20,23)(H,21,22,24). The SMILES string of the molecule is CC(SCc1nc2sc3c(c2c(=O)[nH]1)CCCC3)C(=O)NCc1ccco1. The van der Waals surface area contributed by atoms with Gasteiger partial charge in [-0.25, -0.2) is 4.98 Å². The molecule has 27 heavy (non-hydrogen) atoms. The topological polar surface area (TPSA) is 88.0 Å². The van der Waals surface area contributed by atoms with Crippen molar-refractivity contribution in [1.82, 2.24) is 15.3 Å². The summed E-state index contributed by atoms with van der Waals surface area (Å²) in [6, 6.07) is 3.61. The smallest absolute Gasteiger partial charge is 0.259 e. The second-order valence-corrected chi connectivity index (χ2v) is 9.07. The van der Waals surface area contributed by atoms with Crippen LogP contribution in [-0.4, -0.2) is 21.1 Å². The number of furan rings is 1. The van der Waals surface area contributed by atoms with E-state index in [0.29, 0.717) is 18.1 Å². The summed E-state index contributed by atoms with van der Waals surface area (Å²) in [7, 11) is 0. The van der Waals surface area contributed by atoms with Crippen LogP contribution in [-0.2, 0) is 29.9 Å². The molecule has 2 N–H and O–H groups in total. The molecule has 1 aliphatic carbocycles. The van der Waals surface area contributed by atoms with Crippen LogP contribution in [0.15, 0.2) is 27.6 Å². The van der Waals surface area contributed by atoms with Crippen LogP contribution in [0.2, 0.25) is 0 Å². The van der Waals surface area contributed by atoms with Crippen LogP contribution in [0, 0.1) is 0 Å². The van der Waals surface area contributed by atoms with E-state index in [9.17, 15) is 9.59 Å². The number of carbonyl (C=O) groups excluding carboxylic acids is 1. The molecule has 3 heterocycles. The zero-order valence-corrected chi connectivity index (χ0v) is 16.7. The Balaban J connectivity index is 1.41. The number of aromatic amines is 1. The van der Waals surface area contributed by atoms with Gasteiger partial charge in [-0.2, -0.15) is 0 Å². The van der Waals surface area contributed by atoms with Gasteiger partial charge < -0.3 is 14.7 Å². The van der Waals surface area contributed by atoms with Gasteiger partial charge in [-0.1, -0.05) is 0 Å². The minimum absolute atomic E-state index is 0.0510. The van der Waals surface area contributed by atoms with Gasteiger partial charge in [0, 0.05) is 4.88 Å². The number of fused-ring (bicyclic) bond motifs is 3. The molecule has 3 aromatic heterocycles. The molecule has 1 amide bonds. The average Bonchev–Trinajstić information content (AvgIpc) is 3.31. The van der Waals surface area contributed by atoms with Crippen molar-refractivity contribution in [3.8, 4) is 0 Å². The number of aryl methyl sites for hydroxylation is 2. The molecule has 3 aromatic rings. The Morgan fingerprint density at radius 1 is 1.44 bits per heavy atom. The Kier molecular flexibility index (Phi) is 5.36. The van der Waals surface area contributed by atoms with E-state index >= 15 is 0 Å². The Labute approximate surface area is 164 Å². The molecule has 1 atom stereocenters. The molecule has 0 bridgehead atoms. The number of aromatic nitrogens is 2. The summed E-state index contributed by atoms with van der Waals surface area (Å²) >= 11 is 3.10. The molecule has 8 heteroatoms. The summed E-state index contributed by atoms with van der Waals surface area (Å²) in [6.45, 7) is 2.22. The molecule has 0 spiro atoms. The van der Waals surface area contributed by atoms with Gasteiger partial charge in [-0.3, -0.25) is 9.59 Å². The molecule has 142 valence electrons. The lowest BCUT2D eigenvalue weighted by Gasteiger charge is -2.11. The van der Waals surface area contributed by atoms with Crippen molar-refractivity contribution in [3.05, 3.63) is 50.8 Å². The number of hydrogen-bond acceptors (Lipinski definition) is 6. The lowest BCUT2D eigenvalue weighted by atomic mass is 9.97. The molecular formula is C19H21N3O3S2. The summed E-state index contributed by atoms with van der Waals surface area (Å²) in [5.41, 5.74) is 1.14. The van der Waals surface area contributed by atoms with Crippen molar-refractivity contribution >= 4 is 39.2 Å². The number of hydrogen-bond donors (Lipinski definition) is 2. The van der Waals surface area contributed by atoms with Crippen LogP contribution in [0.4, 0.5) is 0 Å². The highest BCUT2D eigenvalue weighted by molar-refractivity contribution is 7.99. The summed E-state index contributed by atoms with van der Waals surface area (Å²) < 4.78 is 5.21. The maximum Gasteiger partial charge on any atom is 0.259 e. The third-order valence-corrected chi connectivity index (χ3v) is 7.07. The predicted octanol–water partition coefficient (Wildman–Crippen LogP) is 3.39. The molecule has 0 aromatic carbocycles. The maximum atomic E-state index is 12.6. The number of nitrogens with one attached hydrogen (secondary N) is 2. The van der Waals surface area contributed by atoms with Gasteiger partial charge in [-0.05, 0) is 50.3 Å². The third-order valence-electron chi connectivity index (χ3n) is 4.73. The van der Waals surface area contributed by atoms with E-state index in [1.165, 1.54) is 28.6 Å². The number of rotatable bonds is 6. The van der Waals surface area contributed by atoms with Crippen LogP contribution in [0.25, 0.3) is 10.2 Å². The number of carbonyl (C=O) groups is 1. The van der Waals surface area contributed by atoms with Gasteiger partial charge in [0.25, 0.3) is 5.56 Å². The Bertz CT molecular complexity index is 1010. The molecule has 1 unspecified atom stereocenters. The quantitative estimate of drug-likeness (QED) is 0.659. The van der Waals surface area contributed by atoms with E-state index in [1.807, 2.05) is 13.0 Å². The number of nitrogens with zero attached hydrogens (tertiary/aromatic N) is 1. The van der Waals surface area contributed by atoms with Crippen LogP contribution < -0.4 is 10.9 Å². The minimum atomic E-state index is -0.252. The summed E-state index contributed by atoms with van der Waals surface area (Å²) in [4.78, 5) is 34.5. The first-order valence-electron chi connectivity index (χ1n) is 9.07. The van der Waals surface area contributed by atoms with E-state index in [1.54, 1.807) is 23.7 Å². The number of thiophene rings is 1. The second kappa shape index (κ2) is 7.90. The Morgan fingerprint density at radius 3 is 3.11 bits per heavy atom. The maximum absolute atomic E-state index is 12.6. The molecule has 0 aliphatic heterocycles. The van der Waals surface area contributed by atoms with Gasteiger partial charge >= 0.3 is 0 Å². The molecule has 4 rings (SSSR count). The second-order valence-electron chi connectivity index (χ2n) is 6.65. The summed E-state index contributed by atoms with van der Waals surface area (Å²) in [5.74, 6) is 1.77. The van der Waals surface area contributed by atoms with Gasteiger partial charge in [0.1, 0.15) is 16.4 Å². The molecular weight excluding hydrogens is 382 g/mol. The van der Waals surface area contributed by atoms with E-state index < -0.39 is 0 Å². The summed E-state index contributed by atoms with van der Waals surface area (Å²) in [6.07, 6.45) is 5.93. The van der Waals surface area contributed by atoms with E-state index in [-0.39, 0.29) is 16.7 Å². The Hall–Kier alpha value is -2.06. The lowest BCUT2D eigenvalue weighted by Crippen LogP contribution is -2.30. The predicted molar refractivity (Wildman–Crippen MR) is 108 cm³/mol. The van der Waals surface area contributed by atoms with Gasteiger partial charge in [0.15, 0.2) is 0 Å². The monoisotopic (exact) mass is 403 g/mol. The number of amides is 1. The number of H-pyrrole nitrogens is 1. The highest BCUT2D eigenvalue weighted by atomic mass is 32.2. The van der Waals surface area contributed by atoms with E-state index in [0.717, 1.165) is 35.2 Å². The van der Waals surface area contributed by atoms with Gasteiger partial charge in [-0.15, -0.1) is 23.1 Å². The first-order chi connectivity index (χ1) is 13.1. The lowest BCUT2D eigenvalue weighted by molar-refractivity contribution is -0.120. The molecule has 0 radical (unpaired) electrons. The fourth-order valence-corrected chi connectivity index (χ4v) is 5.35. The van der Waals surface area contributed by atoms with Crippen molar-refractivity contribution in [1.29, 1.82) is 0 Å². The molecule has 0 saturated carbocycles. The fraction of sp³-hybridized carbons (Fsp3) is 0.421. The highest BCUT2D eigenvalue weighted by Crippen LogP contribution is 2.33. The largest absolute Gasteiger partial charge is 0.467 e. The van der Waals surface area contributed by atoms with Crippen molar-refractivity contribution in [2.24, 2.45) is 0 Å². The normalized spacial score (nSPS) is 14.9. The third kappa shape index (κ3) is 3.96. The van der Waals surface area contributed by atoms with Crippen LogP contribution in [0.5, 0.6) is 0 Å². The summed E-state index contributed by atoms with van der Waals surface area (Å²) in [5, 5.41) is 3.37. The highest BCUT2D eigenvalue weighted by Gasteiger charge is 2.20. The van der Waals surface area contributed by atoms with Gasteiger partial charge in [0.2, 0.25) is 5.91 Å². The zero-order valence-electron chi connectivity index (χ0n) is 15.0. The van der Waals surface area contributed by atoms with Crippen LogP contribution in [0.1, 0.15) is 41.8 Å². The van der Waals surface area contributed by atoms with Crippen molar-refractivity contribution in [2.75, 3.05) is 0 Å². The first kappa shape index (κ1) is 18.3. The zero-order chi connectivity index (χ0) is 18.8. The van der Waals surface area contributed by atoms with Crippen LogP contribution in [0.3, 0.4) is 0 Å². The van der Waals surface area contributed by atoms with Crippen molar-refractivity contribution < 1.29 is 9.21 Å². The average molecular weight is 404 g/mol. The van der Waals surface area contributed by atoms with Crippen LogP contribution >= 0.6 is 23.1 Å².